The summed E-state index contributed by atoms with van der Waals surface area (Å²) in [6.45, 7) is 0.351. The van der Waals surface area contributed by atoms with Crippen LogP contribution < -0.4 is 5.32 Å². The Morgan fingerprint density at radius 2 is 2.18 bits per heavy atom. The summed E-state index contributed by atoms with van der Waals surface area (Å²) in [5.74, 6) is -0.0276. The van der Waals surface area contributed by atoms with E-state index >= 15 is 0 Å². The van der Waals surface area contributed by atoms with Crippen molar-refractivity contribution in [2.45, 2.75) is 12.8 Å². The predicted octanol–water partition coefficient (Wildman–Crippen LogP) is 2.98. The summed E-state index contributed by atoms with van der Waals surface area (Å²) in [6, 6.07) is 0. The molecular formula is C17H21NO4. The van der Waals surface area contributed by atoms with Crippen LogP contribution >= 0.6 is 0 Å². The zero-order valence-corrected chi connectivity index (χ0v) is 12.5. The molecule has 0 atom stereocenters. The Hall–Kier alpha value is -2.69. The average Bonchev–Trinajstić information content (AvgIpc) is 2.72. The number of aliphatic hydroxyl groups is 2. The van der Waals surface area contributed by atoms with Crippen LogP contribution in [-0.2, 0) is 9.53 Å². The number of hydrogen-bond donors (Lipinski definition) is 3. The van der Waals surface area contributed by atoms with E-state index in [9.17, 15) is 9.90 Å². The summed E-state index contributed by atoms with van der Waals surface area (Å²) >= 11 is 0. The van der Waals surface area contributed by atoms with E-state index in [1.54, 1.807) is 30.4 Å². The first-order valence-electron chi connectivity index (χ1n) is 6.90. The number of carbonyl (C=O) groups excluding carboxylic acids is 1. The fourth-order valence-electron chi connectivity index (χ4n) is 1.75. The highest BCUT2D eigenvalue weighted by Crippen LogP contribution is 2.14. The van der Waals surface area contributed by atoms with Crippen molar-refractivity contribution in [3.63, 3.8) is 0 Å². The summed E-state index contributed by atoms with van der Waals surface area (Å²) in [5, 5.41) is 21.0. The van der Waals surface area contributed by atoms with Crippen LogP contribution in [0.3, 0.4) is 0 Å². The van der Waals surface area contributed by atoms with Gasteiger partial charge in [0.1, 0.15) is 5.76 Å². The van der Waals surface area contributed by atoms with Crippen LogP contribution in [0.5, 0.6) is 0 Å². The molecule has 3 N–H and O–H groups in total. The van der Waals surface area contributed by atoms with Gasteiger partial charge in [-0.05, 0) is 48.8 Å². The van der Waals surface area contributed by atoms with Crippen LogP contribution in [0.4, 0.5) is 0 Å². The fourth-order valence-corrected chi connectivity index (χ4v) is 1.75. The van der Waals surface area contributed by atoms with Gasteiger partial charge in [0.15, 0.2) is 0 Å². The third-order valence-corrected chi connectivity index (χ3v) is 2.82. The third kappa shape index (κ3) is 6.65. The smallest absolute Gasteiger partial charge is 0.247 e. The lowest BCUT2D eigenvalue weighted by molar-refractivity contribution is -0.117. The molecule has 0 spiro atoms. The number of nitrogens with one attached hydrogen (secondary N) is 1. The molecule has 0 fully saturated rings. The first kappa shape index (κ1) is 17.4. The Morgan fingerprint density at radius 3 is 2.91 bits per heavy atom. The molecular weight excluding hydrogens is 282 g/mol. The molecule has 0 bridgehead atoms. The average molecular weight is 303 g/mol. The molecule has 118 valence electrons. The van der Waals surface area contributed by atoms with Gasteiger partial charge in [0.05, 0.1) is 19.6 Å². The Balaban J connectivity index is 2.80. The highest BCUT2D eigenvalue weighted by molar-refractivity contribution is 5.94. The molecule has 1 aliphatic rings. The molecule has 0 aromatic carbocycles. The molecule has 22 heavy (non-hydrogen) atoms. The minimum atomic E-state index is -0.227. The van der Waals surface area contributed by atoms with Gasteiger partial charge in [-0.3, -0.25) is 4.79 Å². The van der Waals surface area contributed by atoms with E-state index in [0.717, 1.165) is 11.8 Å². The van der Waals surface area contributed by atoms with E-state index in [2.05, 4.69) is 5.32 Å². The maximum atomic E-state index is 12.2. The zero-order valence-electron chi connectivity index (χ0n) is 12.5. The van der Waals surface area contributed by atoms with Crippen molar-refractivity contribution in [2.24, 2.45) is 0 Å². The van der Waals surface area contributed by atoms with Gasteiger partial charge in [-0.2, -0.15) is 0 Å². The van der Waals surface area contributed by atoms with Crippen LogP contribution in [0.25, 0.3) is 0 Å². The summed E-state index contributed by atoms with van der Waals surface area (Å²) in [4.78, 5) is 12.2. The summed E-state index contributed by atoms with van der Waals surface area (Å²) in [6.07, 6.45) is 15.1. The molecule has 5 nitrogen and oxygen atoms in total. The van der Waals surface area contributed by atoms with E-state index in [1.165, 1.54) is 19.4 Å². The largest absolute Gasteiger partial charge is 0.516 e. The molecule has 0 aromatic heterocycles. The molecule has 5 heteroatoms. The summed E-state index contributed by atoms with van der Waals surface area (Å²) < 4.78 is 4.76. The molecule has 1 amide bonds. The molecule has 0 saturated heterocycles. The maximum Gasteiger partial charge on any atom is 0.247 e. The van der Waals surface area contributed by atoms with Crippen molar-refractivity contribution in [1.82, 2.24) is 5.32 Å². The SMILES string of the molecule is CO/C=C/CNC(=O)/C(=C/C1=CCC=C(O)C=C1)C/C=C/O. The first-order valence-corrected chi connectivity index (χ1v) is 6.90. The van der Waals surface area contributed by atoms with Crippen LogP contribution in [0, 0.1) is 0 Å². The van der Waals surface area contributed by atoms with Crippen molar-refractivity contribution in [3.05, 3.63) is 72.0 Å². The Labute approximate surface area is 130 Å². The van der Waals surface area contributed by atoms with Crippen LogP contribution in [-0.4, -0.2) is 29.8 Å². The molecule has 1 aliphatic carbocycles. The summed E-state index contributed by atoms with van der Waals surface area (Å²) in [7, 11) is 1.53. The van der Waals surface area contributed by atoms with E-state index in [0.29, 0.717) is 25.0 Å². The molecule has 0 radical (unpaired) electrons. The number of allylic oxidation sites excluding steroid dienone is 7. The van der Waals surface area contributed by atoms with Crippen molar-refractivity contribution in [1.29, 1.82) is 0 Å². The normalized spacial score (nSPS) is 15.6. The number of amides is 1. The quantitative estimate of drug-likeness (QED) is 0.499. The first-order chi connectivity index (χ1) is 10.7. The minimum Gasteiger partial charge on any atom is -0.516 e. The molecule has 0 aliphatic heterocycles. The van der Waals surface area contributed by atoms with Gasteiger partial charge in [-0.1, -0.05) is 12.2 Å². The van der Waals surface area contributed by atoms with Crippen molar-refractivity contribution < 1.29 is 19.7 Å². The number of rotatable bonds is 7. The topological polar surface area (TPSA) is 78.8 Å². The number of hydrogen-bond acceptors (Lipinski definition) is 4. The van der Waals surface area contributed by atoms with Crippen molar-refractivity contribution in [2.75, 3.05) is 13.7 Å². The number of ether oxygens (including phenoxy) is 1. The minimum absolute atomic E-state index is 0.200. The Morgan fingerprint density at radius 1 is 1.36 bits per heavy atom. The van der Waals surface area contributed by atoms with Gasteiger partial charge in [0.2, 0.25) is 5.91 Å². The standard InChI is InChI=1S/C17H21NO4/c1-22-12-4-10-18-17(21)15(6-3-11-19)13-14-5-2-7-16(20)9-8-14/h3-5,7-9,11-13,19-20H,2,6,10H2,1H3,(H,18,21)/b11-3+,12-4+,15-13+. The van der Waals surface area contributed by atoms with E-state index in [-0.39, 0.29) is 11.7 Å². The van der Waals surface area contributed by atoms with E-state index in [4.69, 9.17) is 9.84 Å². The van der Waals surface area contributed by atoms with Gasteiger partial charge in [0, 0.05) is 12.1 Å². The second-order valence-corrected chi connectivity index (χ2v) is 4.48. The lowest BCUT2D eigenvalue weighted by Gasteiger charge is -2.06. The van der Waals surface area contributed by atoms with Gasteiger partial charge >= 0.3 is 0 Å². The highest BCUT2D eigenvalue weighted by Gasteiger charge is 2.08. The second-order valence-electron chi connectivity index (χ2n) is 4.48. The Kier molecular flexibility index (Phi) is 7.97. The molecule has 1 rings (SSSR count). The number of carbonyl (C=O) groups is 1. The number of methoxy groups -OCH3 is 1. The summed E-state index contributed by atoms with van der Waals surface area (Å²) in [5.41, 5.74) is 1.33. The van der Waals surface area contributed by atoms with Crippen LogP contribution in [0.2, 0.25) is 0 Å². The second kappa shape index (κ2) is 10.1. The highest BCUT2D eigenvalue weighted by atomic mass is 16.5. The fraction of sp³-hybridized carbons (Fsp3) is 0.235. The zero-order chi connectivity index (χ0) is 16.2. The van der Waals surface area contributed by atoms with Crippen molar-refractivity contribution in [3.8, 4) is 0 Å². The van der Waals surface area contributed by atoms with Crippen molar-refractivity contribution >= 4 is 5.91 Å². The maximum absolute atomic E-state index is 12.2. The molecule has 0 unspecified atom stereocenters. The predicted molar refractivity (Wildman–Crippen MR) is 86.2 cm³/mol. The monoisotopic (exact) mass is 303 g/mol. The van der Waals surface area contributed by atoms with E-state index < -0.39 is 0 Å². The molecule has 0 aromatic rings. The van der Waals surface area contributed by atoms with Gasteiger partial charge in [-0.15, -0.1) is 0 Å². The lowest BCUT2D eigenvalue weighted by atomic mass is 10.1. The van der Waals surface area contributed by atoms with Gasteiger partial charge < -0.3 is 20.3 Å². The molecule has 0 heterocycles. The Bertz CT molecular complexity index is 551. The van der Waals surface area contributed by atoms with E-state index in [1.807, 2.05) is 6.08 Å². The third-order valence-electron chi connectivity index (χ3n) is 2.82. The molecule has 0 saturated carbocycles. The lowest BCUT2D eigenvalue weighted by Crippen LogP contribution is -2.25. The van der Waals surface area contributed by atoms with Gasteiger partial charge in [0.25, 0.3) is 0 Å². The number of aliphatic hydroxyl groups excluding tert-OH is 2. The van der Waals surface area contributed by atoms with Crippen LogP contribution in [0.15, 0.2) is 72.0 Å². The van der Waals surface area contributed by atoms with Gasteiger partial charge in [-0.25, -0.2) is 0 Å². The van der Waals surface area contributed by atoms with Crippen LogP contribution in [0.1, 0.15) is 12.8 Å².